The van der Waals surface area contributed by atoms with Crippen molar-refractivity contribution in [2.45, 2.75) is 32.4 Å². The minimum absolute atomic E-state index is 0.123. The van der Waals surface area contributed by atoms with Crippen molar-refractivity contribution in [3.8, 4) is 6.07 Å². The van der Waals surface area contributed by atoms with E-state index < -0.39 is 12.0 Å². The van der Waals surface area contributed by atoms with Crippen molar-refractivity contribution in [2.75, 3.05) is 7.05 Å². The molecule has 0 aliphatic rings. The smallest absolute Gasteiger partial charge is 0.338 e. The summed E-state index contributed by atoms with van der Waals surface area (Å²) in [5, 5.41) is 11.0. The Balaban J connectivity index is 3.95. The predicted octanol–water partition coefficient (Wildman–Crippen LogP) is 0.440. The fraction of sp³-hybridized carbons (Fsp3) is 0.750. The van der Waals surface area contributed by atoms with E-state index in [4.69, 9.17) is 10.00 Å². The molecule has 4 nitrogen and oxygen atoms in total. The van der Waals surface area contributed by atoms with Crippen LogP contribution < -0.4 is 5.32 Å². The van der Waals surface area contributed by atoms with Crippen LogP contribution >= 0.6 is 0 Å². The second kappa shape index (κ2) is 5.56. The van der Waals surface area contributed by atoms with Crippen LogP contribution in [0.4, 0.5) is 0 Å². The molecule has 0 radical (unpaired) electrons. The molecule has 0 bridgehead atoms. The van der Waals surface area contributed by atoms with Gasteiger partial charge in [0.1, 0.15) is 0 Å². The molecule has 0 rings (SSSR count). The highest BCUT2D eigenvalue weighted by atomic mass is 16.5. The molecule has 0 saturated heterocycles. The van der Waals surface area contributed by atoms with Gasteiger partial charge in [0.2, 0.25) is 0 Å². The Morgan fingerprint density at radius 2 is 2.33 bits per heavy atom. The fourth-order valence-electron chi connectivity index (χ4n) is 0.585. The van der Waals surface area contributed by atoms with E-state index in [9.17, 15) is 4.79 Å². The van der Waals surface area contributed by atoms with E-state index in [0.29, 0.717) is 0 Å². The topological polar surface area (TPSA) is 62.1 Å². The van der Waals surface area contributed by atoms with Crippen LogP contribution in [0.1, 0.15) is 20.3 Å². The molecule has 0 amide bonds. The number of rotatable bonds is 4. The van der Waals surface area contributed by atoms with E-state index in [1.54, 1.807) is 20.0 Å². The summed E-state index contributed by atoms with van der Waals surface area (Å²) in [6.07, 6.45) is 0.634. The summed E-state index contributed by atoms with van der Waals surface area (Å²) in [6, 6.07) is 0.947. The summed E-state index contributed by atoms with van der Waals surface area (Å²) < 4.78 is 4.92. The van der Waals surface area contributed by atoms with Gasteiger partial charge < -0.3 is 4.74 Å². The molecule has 2 atom stereocenters. The largest absolute Gasteiger partial charge is 0.461 e. The molecule has 1 N–H and O–H groups in total. The van der Waals surface area contributed by atoms with Gasteiger partial charge >= 0.3 is 5.97 Å². The molecule has 68 valence electrons. The Hall–Kier alpha value is -1.08. The number of nitrogens with zero attached hydrogens (tertiary/aromatic N) is 1. The quantitative estimate of drug-likeness (QED) is 0.622. The van der Waals surface area contributed by atoms with Gasteiger partial charge in [-0.2, -0.15) is 5.26 Å². The normalized spacial score (nSPS) is 14.5. The molecule has 12 heavy (non-hydrogen) atoms. The van der Waals surface area contributed by atoms with Crippen molar-refractivity contribution in [1.82, 2.24) is 5.32 Å². The van der Waals surface area contributed by atoms with E-state index in [2.05, 4.69) is 5.32 Å². The number of nitriles is 1. The van der Waals surface area contributed by atoms with E-state index in [-0.39, 0.29) is 6.10 Å². The summed E-state index contributed by atoms with van der Waals surface area (Å²) in [6.45, 7) is 3.71. The van der Waals surface area contributed by atoms with Crippen molar-refractivity contribution in [3.63, 3.8) is 0 Å². The third-order valence-electron chi connectivity index (χ3n) is 1.55. The average molecular weight is 170 g/mol. The lowest BCUT2D eigenvalue weighted by Crippen LogP contribution is -2.35. The second-order valence-electron chi connectivity index (χ2n) is 2.51. The van der Waals surface area contributed by atoms with Crippen LogP contribution in [0.2, 0.25) is 0 Å². The molecule has 2 unspecified atom stereocenters. The summed E-state index contributed by atoms with van der Waals surface area (Å²) in [7, 11) is 1.55. The molecular weight excluding hydrogens is 156 g/mol. The van der Waals surface area contributed by atoms with Crippen molar-refractivity contribution < 1.29 is 9.53 Å². The molecule has 0 aromatic heterocycles. The van der Waals surface area contributed by atoms with Crippen molar-refractivity contribution in [3.05, 3.63) is 0 Å². The number of esters is 1. The van der Waals surface area contributed by atoms with E-state index in [1.807, 2.05) is 6.92 Å². The zero-order valence-electron chi connectivity index (χ0n) is 7.63. The maximum Gasteiger partial charge on any atom is 0.338 e. The summed E-state index contributed by atoms with van der Waals surface area (Å²) in [4.78, 5) is 11.1. The Morgan fingerprint density at radius 1 is 1.75 bits per heavy atom. The van der Waals surface area contributed by atoms with Crippen LogP contribution in [0.15, 0.2) is 0 Å². The summed E-state index contributed by atoms with van der Waals surface area (Å²) in [5.41, 5.74) is 0. The Morgan fingerprint density at radius 3 is 2.67 bits per heavy atom. The third-order valence-corrected chi connectivity index (χ3v) is 1.55. The number of hydrogen-bond acceptors (Lipinski definition) is 4. The van der Waals surface area contributed by atoms with Gasteiger partial charge in [0, 0.05) is 0 Å². The van der Waals surface area contributed by atoms with Gasteiger partial charge in [-0.25, -0.2) is 4.79 Å². The molecule has 0 fully saturated rings. The van der Waals surface area contributed by atoms with Crippen molar-refractivity contribution in [1.29, 1.82) is 5.26 Å². The molecule has 4 heteroatoms. The average Bonchev–Trinajstić information content (AvgIpc) is 2.06. The second-order valence-corrected chi connectivity index (χ2v) is 2.51. The lowest BCUT2D eigenvalue weighted by Gasteiger charge is -2.12. The number of carbonyl (C=O) groups is 1. The minimum Gasteiger partial charge on any atom is -0.461 e. The standard InChI is InChI=1S/C8H14N2O2/c1-4-6(2)12-8(11)7(5-9)10-3/h6-7,10H,4H2,1-3H3. The first-order valence-electron chi connectivity index (χ1n) is 3.93. The van der Waals surface area contributed by atoms with Gasteiger partial charge in [0.25, 0.3) is 0 Å². The SMILES string of the molecule is CCC(C)OC(=O)C(C#N)NC. The molecule has 0 spiro atoms. The first-order chi connectivity index (χ1) is 5.65. The van der Waals surface area contributed by atoms with E-state index in [1.165, 1.54) is 0 Å². The van der Waals surface area contributed by atoms with Gasteiger partial charge in [0.05, 0.1) is 12.2 Å². The van der Waals surface area contributed by atoms with Crippen molar-refractivity contribution in [2.24, 2.45) is 0 Å². The zero-order chi connectivity index (χ0) is 9.56. The summed E-state index contributed by atoms with van der Waals surface area (Å²) >= 11 is 0. The van der Waals surface area contributed by atoms with Crippen LogP contribution in [-0.4, -0.2) is 25.2 Å². The third kappa shape index (κ3) is 3.35. The number of hydrogen-bond donors (Lipinski definition) is 1. The Labute approximate surface area is 72.5 Å². The van der Waals surface area contributed by atoms with Crippen LogP contribution in [0.25, 0.3) is 0 Å². The fourth-order valence-corrected chi connectivity index (χ4v) is 0.585. The molecule has 0 aliphatic carbocycles. The Bertz CT molecular complexity index is 186. The number of ether oxygens (including phenoxy) is 1. The van der Waals surface area contributed by atoms with Gasteiger partial charge in [-0.05, 0) is 20.4 Å². The maximum absolute atomic E-state index is 11.1. The number of nitrogens with one attached hydrogen (secondary N) is 1. The van der Waals surface area contributed by atoms with Crippen LogP contribution in [-0.2, 0) is 9.53 Å². The van der Waals surface area contributed by atoms with E-state index in [0.717, 1.165) is 6.42 Å². The summed E-state index contributed by atoms with van der Waals surface area (Å²) in [5.74, 6) is -0.505. The van der Waals surface area contributed by atoms with Gasteiger partial charge in [-0.1, -0.05) is 6.92 Å². The van der Waals surface area contributed by atoms with Crippen LogP contribution in [0.5, 0.6) is 0 Å². The molecular formula is C8H14N2O2. The van der Waals surface area contributed by atoms with Crippen LogP contribution in [0, 0.1) is 11.3 Å². The van der Waals surface area contributed by atoms with Gasteiger partial charge in [-0.15, -0.1) is 0 Å². The maximum atomic E-state index is 11.1. The monoisotopic (exact) mass is 170 g/mol. The van der Waals surface area contributed by atoms with Crippen molar-refractivity contribution >= 4 is 5.97 Å². The highest BCUT2D eigenvalue weighted by Gasteiger charge is 2.18. The van der Waals surface area contributed by atoms with E-state index >= 15 is 0 Å². The first kappa shape index (κ1) is 10.9. The molecule has 0 heterocycles. The molecule has 0 saturated carbocycles. The number of carbonyl (C=O) groups excluding carboxylic acids is 1. The van der Waals surface area contributed by atoms with Gasteiger partial charge in [0.15, 0.2) is 6.04 Å². The number of likely N-dealkylation sites (N-methyl/N-ethyl adjacent to an activating group) is 1. The highest BCUT2D eigenvalue weighted by molar-refractivity contribution is 5.78. The highest BCUT2D eigenvalue weighted by Crippen LogP contribution is 1.98. The lowest BCUT2D eigenvalue weighted by atomic mass is 10.3. The lowest BCUT2D eigenvalue weighted by molar-refractivity contribution is -0.149. The van der Waals surface area contributed by atoms with Crippen LogP contribution in [0.3, 0.4) is 0 Å². The zero-order valence-corrected chi connectivity index (χ0v) is 7.63. The Kier molecular flexibility index (Phi) is 5.06. The molecule has 0 aromatic carbocycles. The van der Waals surface area contributed by atoms with Gasteiger partial charge in [-0.3, -0.25) is 5.32 Å². The first-order valence-corrected chi connectivity index (χ1v) is 3.93. The minimum atomic E-state index is -0.848. The molecule has 0 aliphatic heterocycles. The molecule has 0 aromatic rings. The predicted molar refractivity (Wildman–Crippen MR) is 44.3 cm³/mol.